The Morgan fingerprint density at radius 3 is 2.65 bits per heavy atom. The zero-order valence-corrected chi connectivity index (χ0v) is 11.4. The molecule has 0 spiro atoms. The highest BCUT2D eigenvalue weighted by Gasteiger charge is 2.23. The molecule has 0 bridgehead atoms. The number of halogens is 1. The van der Waals surface area contributed by atoms with E-state index in [0.717, 1.165) is 23.9 Å². The molecule has 0 aromatic heterocycles. The highest BCUT2D eigenvalue weighted by Crippen LogP contribution is 2.24. The fourth-order valence-corrected chi connectivity index (χ4v) is 2.65. The molecule has 0 heterocycles. The van der Waals surface area contributed by atoms with Crippen LogP contribution < -0.4 is 5.32 Å². The van der Waals surface area contributed by atoms with E-state index in [0.29, 0.717) is 6.04 Å². The SMILES string of the molecule is N#CC1CCCCC1NCc1ccc(Br)cc1. The van der Waals surface area contributed by atoms with Crippen LogP contribution in [0.15, 0.2) is 28.7 Å². The van der Waals surface area contributed by atoms with Crippen LogP contribution in [-0.4, -0.2) is 6.04 Å². The van der Waals surface area contributed by atoms with Gasteiger partial charge in [0.1, 0.15) is 0 Å². The molecule has 1 aromatic carbocycles. The summed E-state index contributed by atoms with van der Waals surface area (Å²) in [4.78, 5) is 0. The van der Waals surface area contributed by atoms with Gasteiger partial charge in [0.05, 0.1) is 12.0 Å². The largest absolute Gasteiger partial charge is 0.309 e. The van der Waals surface area contributed by atoms with E-state index in [1.54, 1.807) is 0 Å². The van der Waals surface area contributed by atoms with Crippen LogP contribution in [0.3, 0.4) is 0 Å². The minimum atomic E-state index is 0.194. The fourth-order valence-electron chi connectivity index (χ4n) is 2.38. The summed E-state index contributed by atoms with van der Waals surface area (Å²) in [5, 5.41) is 12.6. The molecule has 0 saturated heterocycles. The standard InChI is InChI=1S/C14H17BrN2/c15-13-7-5-11(6-8-13)10-17-14-4-2-1-3-12(14)9-16/h5-8,12,14,17H,1-4,10H2. The van der Waals surface area contributed by atoms with Crippen molar-refractivity contribution in [3.05, 3.63) is 34.3 Å². The number of nitriles is 1. The van der Waals surface area contributed by atoms with E-state index in [1.807, 2.05) is 0 Å². The molecule has 2 atom stereocenters. The Kier molecular flexibility index (Phi) is 4.58. The van der Waals surface area contributed by atoms with Gasteiger partial charge in [-0.15, -0.1) is 0 Å². The zero-order valence-electron chi connectivity index (χ0n) is 9.82. The Labute approximate surface area is 111 Å². The Hall–Kier alpha value is -0.850. The van der Waals surface area contributed by atoms with Crippen LogP contribution in [0.25, 0.3) is 0 Å². The molecule has 3 heteroatoms. The fraction of sp³-hybridized carbons (Fsp3) is 0.500. The third kappa shape index (κ3) is 3.55. The van der Waals surface area contributed by atoms with Crippen LogP contribution in [0.1, 0.15) is 31.2 Å². The summed E-state index contributed by atoms with van der Waals surface area (Å²) in [5.41, 5.74) is 1.27. The summed E-state index contributed by atoms with van der Waals surface area (Å²) in [6, 6.07) is 11.1. The topological polar surface area (TPSA) is 35.8 Å². The van der Waals surface area contributed by atoms with Crippen molar-refractivity contribution in [3.8, 4) is 6.07 Å². The van der Waals surface area contributed by atoms with Crippen molar-refractivity contribution in [2.24, 2.45) is 5.92 Å². The molecule has 1 fully saturated rings. The molecule has 1 aromatic rings. The number of nitrogens with one attached hydrogen (secondary N) is 1. The molecule has 1 saturated carbocycles. The number of benzene rings is 1. The van der Waals surface area contributed by atoms with Gasteiger partial charge >= 0.3 is 0 Å². The molecule has 1 aliphatic carbocycles. The van der Waals surface area contributed by atoms with E-state index in [4.69, 9.17) is 5.26 Å². The van der Waals surface area contributed by atoms with Gasteiger partial charge < -0.3 is 5.32 Å². The maximum atomic E-state index is 9.10. The van der Waals surface area contributed by atoms with Gasteiger partial charge in [-0.25, -0.2) is 0 Å². The normalized spacial score (nSPS) is 24.2. The smallest absolute Gasteiger partial charge is 0.0672 e. The molecular formula is C14H17BrN2. The van der Waals surface area contributed by atoms with Crippen molar-refractivity contribution < 1.29 is 0 Å². The van der Waals surface area contributed by atoms with E-state index in [9.17, 15) is 0 Å². The van der Waals surface area contributed by atoms with Crippen LogP contribution in [0.5, 0.6) is 0 Å². The molecule has 2 nitrogen and oxygen atoms in total. The first kappa shape index (κ1) is 12.6. The van der Waals surface area contributed by atoms with E-state index >= 15 is 0 Å². The molecule has 1 N–H and O–H groups in total. The average Bonchev–Trinajstić information content (AvgIpc) is 2.38. The quantitative estimate of drug-likeness (QED) is 0.924. The Morgan fingerprint density at radius 1 is 1.24 bits per heavy atom. The molecule has 90 valence electrons. The maximum absolute atomic E-state index is 9.10. The second-order valence-electron chi connectivity index (χ2n) is 4.63. The summed E-state index contributed by atoms with van der Waals surface area (Å²) in [6.45, 7) is 0.857. The first-order chi connectivity index (χ1) is 8.29. The van der Waals surface area contributed by atoms with Gasteiger partial charge in [0.15, 0.2) is 0 Å². The van der Waals surface area contributed by atoms with E-state index < -0.39 is 0 Å². The van der Waals surface area contributed by atoms with Crippen LogP contribution in [0, 0.1) is 17.2 Å². The van der Waals surface area contributed by atoms with Gasteiger partial charge in [0.25, 0.3) is 0 Å². The van der Waals surface area contributed by atoms with Crippen molar-refractivity contribution in [1.82, 2.24) is 5.32 Å². The third-order valence-electron chi connectivity index (χ3n) is 3.41. The minimum absolute atomic E-state index is 0.194. The lowest BCUT2D eigenvalue weighted by Gasteiger charge is -2.27. The summed E-state index contributed by atoms with van der Waals surface area (Å²) in [7, 11) is 0. The van der Waals surface area contributed by atoms with Crippen molar-refractivity contribution >= 4 is 15.9 Å². The van der Waals surface area contributed by atoms with Crippen LogP contribution >= 0.6 is 15.9 Å². The zero-order chi connectivity index (χ0) is 12.1. The molecular weight excluding hydrogens is 276 g/mol. The monoisotopic (exact) mass is 292 g/mol. The van der Waals surface area contributed by atoms with Crippen LogP contribution in [0.2, 0.25) is 0 Å². The van der Waals surface area contributed by atoms with Crippen molar-refractivity contribution in [2.75, 3.05) is 0 Å². The first-order valence-corrected chi connectivity index (χ1v) is 6.96. The number of nitrogens with zero attached hydrogens (tertiary/aromatic N) is 1. The molecule has 2 unspecified atom stereocenters. The maximum Gasteiger partial charge on any atom is 0.0672 e. The molecule has 0 radical (unpaired) electrons. The van der Waals surface area contributed by atoms with Gasteiger partial charge in [-0.05, 0) is 30.5 Å². The van der Waals surface area contributed by atoms with Crippen LogP contribution in [-0.2, 0) is 6.54 Å². The van der Waals surface area contributed by atoms with E-state index in [2.05, 4.69) is 51.6 Å². The summed E-state index contributed by atoms with van der Waals surface area (Å²) in [5.74, 6) is 0.194. The summed E-state index contributed by atoms with van der Waals surface area (Å²) >= 11 is 3.43. The molecule has 1 aliphatic rings. The van der Waals surface area contributed by atoms with Crippen LogP contribution in [0.4, 0.5) is 0 Å². The van der Waals surface area contributed by atoms with Crippen molar-refractivity contribution in [3.63, 3.8) is 0 Å². The molecule has 0 aliphatic heterocycles. The highest BCUT2D eigenvalue weighted by atomic mass is 79.9. The van der Waals surface area contributed by atoms with Gasteiger partial charge in [-0.2, -0.15) is 5.26 Å². The summed E-state index contributed by atoms with van der Waals surface area (Å²) < 4.78 is 1.11. The lowest BCUT2D eigenvalue weighted by atomic mass is 9.85. The van der Waals surface area contributed by atoms with Crippen molar-refractivity contribution in [2.45, 2.75) is 38.3 Å². The number of rotatable bonds is 3. The molecule has 2 rings (SSSR count). The minimum Gasteiger partial charge on any atom is -0.309 e. The number of hydrogen-bond donors (Lipinski definition) is 1. The van der Waals surface area contributed by atoms with Crippen molar-refractivity contribution in [1.29, 1.82) is 5.26 Å². The van der Waals surface area contributed by atoms with Gasteiger partial charge in [-0.3, -0.25) is 0 Å². The van der Waals surface area contributed by atoms with Gasteiger partial charge in [-0.1, -0.05) is 40.9 Å². The lowest BCUT2D eigenvalue weighted by Crippen LogP contribution is -2.37. The van der Waals surface area contributed by atoms with Gasteiger partial charge in [0.2, 0.25) is 0 Å². The molecule has 0 amide bonds. The van der Waals surface area contributed by atoms with E-state index in [1.165, 1.54) is 18.4 Å². The second kappa shape index (κ2) is 6.18. The third-order valence-corrected chi connectivity index (χ3v) is 3.94. The molecule has 17 heavy (non-hydrogen) atoms. The van der Waals surface area contributed by atoms with E-state index in [-0.39, 0.29) is 5.92 Å². The predicted octanol–water partition coefficient (Wildman–Crippen LogP) is 3.62. The predicted molar refractivity (Wildman–Crippen MR) is 72.3 cm³/mol. The lowest BCUT2D eigenvalue weighted by molar-refractivity contribution is 0.311. The first-order valence-electron chi connectivity index (χ1n) is 6.17. The average molecular weight is 293 g/mol. The second-order valence-corrected chi connectivity index (χ2v) is 5.55. The summed E-state index contributed by atoms with van der Waals surface area (Å²) in [6.07, 6.45) is 4.63. The highest BCUT2D eigenvalue weighted by molar-refractivity contribution is 9.10. The Morgan fingerprint density at radius 2 is 1.94 bits per heavy atom. The Bertz CT molecular complexity index is 394. The Balaban J connectivity index is 1.88. The number of hydrogen-bond acceptors (Lipinski definition) is 2. The van der Waals surface area contributed by atoms with Gasteiger partial charge in [0, 0.05) is 17.1 Å².